The Hall–Kier alpha value is -1.55. The molecule has 1 amide bonds. The zero-order valence-corrected chi connectivity index (χ0v) is 10.7. The van der Waals surface area contributed by atoms with Gasteiger partial charge in [0.25, 0.3) is 5.91 Å². The van der Waals surface area contributed by atoms with Crippen LogP contribution in [0.1, 0.15) is 23.2 Å². The molecule has 0 aliphatic carbocycles. The Morgan fingerprint density at radius 3 is 2.94 bits per heavy atom. The fraction of sp³-hybridized carbons (Fsp3) is 0.500. The lowest BCUT2D eigenvalue weighted by molar-refractivity contribution is 0.0944. The topological polar surface area (TPSA) is 50.4 Å². The third kappa shape index (κ3) is 3.47. The van der Waals surface area contributed by atoms with Gasteiger partial charge in [0, 0.05) is 12.1 Å². The van der Waals surface area contributed by atoms with Crippen molar-refractivity contribution in [2.24, 2.45) is 5.92 Å². The van der Waals surface area contributed by atoms with Crippen molar-refractivity contribution in [3.8, 4) is 5.75 Å². The highest BCUT2D eigenvalue weighted by Crippen LogP contribution is 2.13. The van der Waals surface area contributed by atoms with E-state index in [2.05, 4.69) is 10.6 Å². The van der Waals surface area contributed by atoms with E-state index in [9.17, 15) is 4.79 Å². The van der Waals surface area contributed by atoms with Crippen LogP contribution in [-0.2, 0) is 0 Å². The summed E-state index contributed by atoms with van der Waals surface area (Å²) in [5.41, 5.74) is 0.656. The van der Waals surface area contributed by atoms with Crippen molar-refractivity contribution in [3.63, 3.8) is 0 Å². The van der Waals surface area contributed by atoms with E-state index in [1.54, 1.807) is 19.2 Å². The molecule has 0 saturated carbocycles. The largest absolute Gasteiger partial charge is 0.497 e. The quantitative estimate of drug-likeness (QED) is 0.847. The molecule has 4 heteroatoms. The van der Waals surface area contributed by atoms with Gasteiger partial charge in [-0.3, -0.25) is 4.79 Å². The molecule has 1 aliphatic rings. The van der Waals surface area contributed by atoms with Gasteiger partial charge in [-0.25, -0.2) is 0 Å². The molecular weight excluding hydrogens is 228 g/mol. The third-order valence-corrected chi connectivity index (χ3v) is 3.34. The van der Waals surface area contributed by atoms with E-state index in [1.165, 1.54) is 0 Å². The van der Waals surface area contributed by atoms with Gasteiger partial charge in [0.15, 0.2) is 0 Å². The Morgan fingerprint density at radius 2 is 2.22 bits per heavy atom. The summed E-state index contributed by atoms with van der Waals surface area (Å²) in [6.45, 7) is 2.87. The Kier molecular flexibility index (Phi) is 4.59. The maximum atomic E-state index is 12.0. The van der Waals surface area contributed by atoms with E-state index >= 15 is 0 Å². The summed E-state index contributed by atoms with van der Waals surface area (Å²) in [5.74, 6) is 1.29. The minimum Gasteiger partial charge on any atom is -0.497 e. The Morgan fingerprint density at radius 1 is 1.44 bits per heavy atom. The van der Waals surface area contributed by atoms with Gasteiger partial charge in [0.1, 0.15) is 5.75 Å². The van der Waals surface area contributed by atoms with Gasteiger partial charge in [-0.1, -0.05) is 6.07 Å². The summed E-state index contributed by atoms with van der Waals surface area (Å²) in [4.78, 5) is 12.0. The van der Waals surface area contributed by atoms with Gasteiger partial charge in [0.2, 0.25) is 0 Å². The number of carbonyl (C=O) groups is 1. The number of carbonyl (C=O) groups excluding carboxylic acids is 1. The molecule has 1 fully saturated rings. The molecule has 1 aliphatic heterocycles. The highest BCUT2D eigenvalue weighted by molar-refractivity contribution is 5.94. The van der Waals surface area contributed by atoms with Gasteiger partial charge < -0.3 is 15.4 Å². The first-order valence-corrected chi connectivity index (χ1v) is 6.42. The highest BCUT2D eigenvalue weighted by atomic mass is 16.5. The number of ether oxygens (including phenoxy) is 1. The van der Waals surface area contributed by atoms with Crippen molar-refractivity contribution in [2.45, 2.75) is 12.8 Å². The molecular formula is C14H20N2O2. The first-order valence-electron chi connectivity index (χ1n) is 6.42. The average Bonchev–Trinajstić information content (AvgIpc) is 2.46. The van der Waals surface area contributed by atoms with Crippen molar-refractivity contribution in [3.05, 3.63) is 29.8 Å². The molecule has 1 saturated heterocycles. The normalized spacial score (nSPS) is 16.3. The molecule has 18 heavy (non-hydrogen) atoms. The van der Waals surface area contributed by atoms with Gasteiger partial charge in [-0.2, -0.15) is 0 Å². The van der Waals surface area contributed by atoms with Gasteiger partial charge in [-0.05, 0) is 50.0 Å². The maximum Gasteiger partial charge on any atom is 0.251 e. The molecule has 0 spiro atoms. The second-order valence-corrected chi connectivity index (χ2v) is 4.64. The fourth-order valence-electron chi connectivity index (χ4n) is 2.19. The van der Waals surface area contributed by atoms with Gasteiger partial charge >= 0.3 is 0 Å². The zero-order chi connectivity index (χ0) is 12.8. The lowest BCUT2D eigenvalue weighted by Gasteiger charge is -2.22. The first kappa shape index (κ1) is 12.9. The first-order chi connectivity index (χ1) is 8.79. The Balaban J connectivity index is 1.86. The van der Waals surface area contributed by atoms with E-state index in [4.69, 9.17) is 4.74 Å². The summed E-state index contributed by atoms with van der Waals surface area (Å²) in [5, 5.41) is 6.32. The number of hydrogen-bond donors (Lipinski definition) is 2. The highest BCUT2D eigenvalue weighted by Gasteiger charge is 2.14. The van der Waals surface area contributed by atoms with E-state index in [0.29, 0.717) is 17.2 Å². The lowest BCUT2D eigenvalue weighted by atomic mass is 9.98. The van der Waals surface area contributed by atoms with Crippen LogP contribution in [0.4, 0.5) is 0 Å². The van der Waals surface area contributed by atoms with Crippen LogP contribution < -0.4 is 15.4 Å². The lowest BCUT2D eigenvalue weighted by Crippen LogP contribution is -2.35. The van der Waals surface area contributed by atoms with E-state index in [0.717, 1.165) is 32.5 Å². The number of amides is 1. The molecule has 1 aromatic rings. The third-order valence-electron chi connectivity index (χ3n) is 3.34. The van der Waals surface area contributed by atoms with Crippen LogP contribution in [0, 0.1) is 5.92 Å². The zero-order valence-electron chi connectivity index (χ0n) is 10.7. The van der Waals surface area contributed by atoms with Crippen LogP contribution in [0.5, 0.6) is 5.75 Å². The molecule has 0 aromatic heterocycles. The van der Waals surface area contributed by atoms with E-state index in [-0.39, 0.29) is 5.91 Å². The van der Waals surface area contributed by atoms with Crippen molar-refractivity contribution < 1.29 is 9.53 Å². The van der Waals surface area contributed by atoms with Gasteiger partial charge in [-0.15, -0.1) is 0 Å². The van der Waals surface area contributed by atoms with Crippen LogP contribution in [0.15, 0.2) is 24.3 Å². The summed E-state index contributed by atoms with van der Waals surface area (Å²) in [6, 6.07) is 7.24. The second kappa shape index (κ2) is 6.40. The standard InChI is InChI=1S/C14H20N2O2/c1-18-13-4-2-3-12(9-13)14(17)16-10-11-5-7-15-8-6-11/h2-4,9,11,15H,5-8,10H2,1H3,(H,16,17). The van der Waals surface area contributed by atoms with Gasteiger partial charge in [0.05, 0.1) is 7.11 Å². The van der Waals surface area contributed by atoms with Crippen LogP contribution in [0.2, 0.25) is 0 Å². The summed E-state index contributed by atoms with van der Waals surface area (Å²) in [6.07, 6.45) is 2.27. The van der Waals surface area contributed by atoms with E-state index < -0.39 is 0 Å². The van der Waals surface area contributed by atoms with Crippen LogP contribution in [0.3, 0.4) is 0 Å². The maximum absolute atomic E-state index is 12.0. The molecule has 1 heterocycles. The van der Waals surface area contributed by atoms with Crippen molar-refractivity contribution in [1.82, 2.24) is 10.6 Å². The number of benzene rings is 1. The number of piperidine rings is 1. The van der Waals surface area contributed by atoms with Crippen LogP contribution in [-0.4, -0.2) is 32.7 Å². The van der Waals surface area contributed by atoms with Crippen LogP contribution in [0.25, 0.3) is 0 Å². The number of nitrogens with one attached hydrogen (secondary N) is 2. The molecule has 2 rings (SSSR count). The SMILES string of the molecule is COc1cccc(C(=O)NCC2CCNCC2)c1. The smallest absolute Gasteiger partial charge is 0.251 e. The Bertz CT molecular complexity index is 401. The predicted octanol–water partition coefficient (Wildman–Crippen LogP) is 1.42. The monoisotopic (exact) mass is 248 g/mol. The summed E-state index contributed by atoms with van der Waals surface area (Å²) >= 11 is 0. The molecule has 0 radical (unpaired) electrons. The second-order valence-electron chi connectivity index (χ2n) is 4.64. The number of methoxy groups -OCH3 is 1. The summed E-state index contributed by atoms with van der Waals surface area (Å²) < 4.78 is 5.11. The molecule has 1 aromatic carbocycles. The minimum absolute atomic E-state index is 0.0209. The molecule has 4 nitrogen and oxygen atoms in total. The van der Waals surface area contributed by atoms with E-state index in [1.807, 2.05) is 12.1 Å². The average molecular weight is 248 g/mol. The molecule has 0 unspecified atom stereocenters. The molecule has 0 atom stereocenters. The molecule has 2 N–H and O–H groups in total. The van der Waals surface area contributed by atoms with Crippen molar-refractivity contribution in [1.29, 1.82) is 0 Å². The van der Waals surface area contributed by atoms with Crippen molar-refractivity contribution >= 4 is 5.91 Å². The number of hydrogen-bond acceptors (Lipinski definition) is 3. The van der Waals surface area contributed by atoms with Crippen molar-refractivity contribution in [2.75, 3.05) is 26.7 Å². The molecule has 98 valence electrons. The van der Waals surface area contributed by atoms with Crippen LogP contribution >= 0.6 is 0 Å². The Labute approximate surface area is 108 Å². The molecule has 0 bridgehead atoms. The predicted molar refractivity (Wildman–Crippen MR) is 70.9 cm³/mol. The summed E-state index contributed by atoms with van der Waals surface area (Å²) in [7, 11) is 1.60. The number of rotatable bonds is 4. The fourth-order valence-corrected chi connectivity index (χ4v) is 2.19. The minimum atomic E-state index is -0.0209.